The van der Waals surface area contributed by atoms with Crippen molar-refractivity contribution in [2.45, 2.75) is 30.8 Å². The Morgan fingerprint density at radius 2 is 1.95 bits per heavy atom. The zero-order valence-electron chi connectivity index (χ0n) is 11.9. The number of nitrogen functional groups attached to an aromatic ring is 1. The number of nitrogens with two attached hydrogens (primary N) is 1. The van der Waals surface area contributed by atoms with Crippen LogP contribution in [0.5, 0.6) is 0 Å². The molecule has 0 saturated carbocycles. The topological polar surface area (TPSA) is 83.6 Å². The molecular weight excluding hydrogens is 276 g/mol. The van der Waals surface area contributed by atoms with Crippen LogP contribution in [-0.4, -0.2) is 39.0 Å². The number of hydrogen-bond acceptors (Lipinski definition) is 5. The number of rotatable bonds is 3. The van der Waals surface area contributed by atoms with Gasteiger partial charge in [-0.2, -0.15) is 0 Å². The predicted molar refractivity (Wildman–Crippen MR) is 80.6 cm³/mol. The fourth-order valence-electron chi connectivity index (χ4n) is 2.67. The molecule has 1 heterocycles. The molecule has 5 nitrogen and oxygen atoms in total. The summed E-state index contributed by atoms with van der Waals surface area (Å²) in [4.78, 5) is 2.40. The van der Waals surface area contributed by atoms with Crippen LogP contribution in [0.25, 0.3) is 0 Å². The first kappa shape index (κ1) is 15.1. The van der Waals surface area contributed by atoms with Crippen molar-refractivity contribution >= 4 is 21.2 Å². The Balaban J connectivity index is 2.15. The monoisotopic (exact) mass is 298 g/mol. The van der Waals surface area contributed by atoms with E-state index in [1.807, 2.05) is 6.92 Å². The molecule has 1 aliphatic rings. The summed E-state index contributed by atoms with van der Waals surface area (Å²) in [5.74, 6) is 0.336. The molecule has 1 unspecified atom stereocenters. The van der Waals surface area contributed by atoms with Crippen molar-refractivity contribution in [1.29, 1.82) is 0 Å². The van der Waals surface area contributed by atoms with Crippen molar-refractivity contribution < 1.29 is 13.5 Å². The van der Waals surface area contributed by atoms with E-state index in [2.05, 4.69) is 4.90 Å². The molecule has 0 spiro atoms. The maximum atomic E-state index is 11.5. The van der Waals surface area contributed by atoms with Gasteiger partial charge < -0.3 is 15.7 Å². The van der Waals surface area contributed by atoms with E-state index in [4.69, 9.17) is 5.73 Å². The SMILES string of the molecule is CC(O)C1CCN(c2ccc(S(C)(=O)=O)cc2N)CC1. The molecule has 6 heteroatoms. The smallest absolute Gasteiger partial charge is 0.175 e. The van der Waals surface area contributed by atoms with Gasteiger partial charge in [0.2, 0.25) is 0 Å². The van der Waals surface area contributed by atoms with E-state index >= 15 is 0 Å². The maximum Gasteiger partial charge on any atom is 0.175 e. The fourth-order valence-corrected chi connectivity index (χ4v) is 3.33. The number of nitrogens with zero attached hydrogens (tertiary/aromatic N) is 1. The molecule has 0 bridgehead atoms. The minimum absolute atomic E-state index is 0.248. The first-order valence-electron chi connectivity index (χ1n) is 6.81. The quantitative estimate of drug-likeness (QED) is 0.821. The highest BCUT2D eigenvalue weighted by Gasteiger charge is 2.24. The average molecular weight is 298 g/mol. The minimum atomic E-state index is -3.22. The van der Waals surface area contributed by atoms with Gasteiger partial charge >= 0.3 is 0 Å². The molecule has 1 fully saturated rings. The van der Waals surface area contributed by atoms with Crippen molar-refractivity contribution in [3.05, 3.63) is 18.2 Å². The van der Waals surface area contributed by atoms with Gasteiger partial charge in [0.15, 0.2) is 9.84 Å². The molecule has 1 aliphatic heterocycles. The van der Waals surface area contributed by atoms with Gasteiger partial charge in [0.25, 0.3) is 0 Å². The normalized spacial score (nSPS) is 19.1. The van der Waals surface area contributed by atoms with E-state index in [1.54, 1.807) is 12.1 Å². The third-order valence-electron chi connectivity index (χ3n) is 3.99. The van der Waals surface area contributed by atoms with E-state index in [-0.39, 0.29) is 11.0 Å². The molecule has 0 radical (unpaired) electrons. The van der Waals surface area contributed by atoms with Crippen LogP contribution in [0.3, 0.4) is 0 Å². The molecule has 0 aliphatic carbocycles. The van der Waals surface area contributed by atoms with Gasteiger partial charge in [-0.3, -0.25) is 0 Å². The maximum absolute atomic E-state index is 11.5. The minimum Gasteiger partial charge on any atom is -0.397 e. The summed E-state index contributed by atoms with van der Waals surface area (Å²) >= 11 is 0. The van der Waals surface area contributed by atoms with Crippen molar-refractivity contribution in [2.75, 3.05) is 30.0 Å². The van der Waals surface area contributed by atoms with Crippen molar-refractivity contribution in [3.63, 3.8) is 0 Å². The summed E-state index contributed by atoms with van der Waals surface area (Å²) in [6.45, 7) is 3.49. The Morgan fingerprint density at radius 1 is 1.35 bits per heavy atom. The van der Waals surface area contributed by atoms with E-state index in [9.17, 15) is 13.5 Å². The van der Waals surface area contributed by atoms with Crippen LogP contribution in [-0.2, 0) is 9.84 Å². The molecular formula is C14H22N2O3S. The molecule has 3 N–H and O–H groups in total. The number of piperidine rings is 1. The van der Waals surface area contributed by atoms with Gasteiger partial charge in [-0.25, -0.2) is 8.42 Å². The highest BCUT2D eigenvalue weighted by Crippen LogP contribution is 2.30. The lowest BCUT2D eigenvalue weighted by Gasteiger charge is -2.35. The summed E-state index contributed by atoms with van der Waals surface area (Å²) < 4.78 is 23.0. The van der Waals surface area contributed by atoms with Gasteiger partial charge in [0, 0.05) is 19.3 Å². The highest BCUT2D eigenvalue weighted by molar-refractivity contribution is 7.90. The summed E-state index contributed by atoms with van der Waals surface area (Å²) in [5.41, 5.74) is 7.35. The van der Waals surface area contributed by atoms with E-state index < -0.39 is 9.84 Å². The first-order chi connectivity index (χ1) is 9.29. The van der Waals surface area contributed by atoms with Crippen LogP contribution < -0.4 is 10.6 Å². The molecule has 1 atom stereocenters. The Bertz CT molecular complexity index is 576. The Labute approximate surface area is 120 Å². The molecule has 1 aromatic carbocycles. The number of aliphatic hydroxyl groups is 1. The molecule has 112 valence electrons. The Hall–Kier alpha value is -1.27. The van der Waals surface area contributed by atoms with Gasteiger partial charge in [-0.15, -0.1) is 0 Å². The number of anilines is 2. The lowest BCUT2D eigenvalue weighted by molar-refractivity contribution is 0.110. The molecule has 20 heavy (non-hydrogen) atoms. The van der Waals surface area contributed by atoms with Crippen LogP contribution in [0.15, 0.2) is 23.1 Å². The van der Waals surface area contributed by atoms with Crippen LogP contribution in [0, 0.1) is 5.92 Å². The molecule has 0 aromatic heterocycles. The zero-order valence-corrected chi connectivity index (χ0v) is 12.7. The van der Waals surface area contributed by atoms with E-state index in [1.165, 1.54) is 12.3 Å². The fraction of sp³-hybridized carbons (Fsp3) is 0.571. The molecule has 1 aromatic rings. The first-order valence-corrected chi connectivity index (χ1v) is 8.71. The predicted octanol–water partition coefficient (Wildman–Crippen LogP) is 1.27. The lowest BCUT2D eigenvalue weighted by atomic mass is 9.92. The number of hydrogen-bond donors (Lipinski definition) is 2. The van der Waals surface area contributed by atoms with Gasteiger partial charge in [-0.05, 0) is 43.9 Å². The molecule has 2 rings (SSSR count). The highest BCUT2D eigenvalue weighted by atomic mass is 32.2. The summed E-state index contributed by atoms with van der Waals surface area (Å²) in [7, 11) is -3.22. The summed E-state index contributed by atoms with van der Waals surface area (Å²) in [6.07, 6.45) is 2.74. The summed E-state index contributed by atoms with van der Waals surface area (Å²) in [6, 6.07) is 4.89. The van der Waals surface area contributed by atoms with Crippen molar-refractivity contribution in [2.24, 2.45) is 5.92 Å². The third kappa shape index (κ3) is 3.24. The standard InChI is InChI=1S/C14H22N2O3S/c1-10(17)11-5-7-16(8-6-11)14-4-3-12(9-13(14)15)20(2,18)19/h3-4,9-11,17H,5-8,15H2,1-2H3. The second-order valence-corrected chi connectivity index (χ2v) is 7.57. The molecule has 1 saturated heterocycles. The third-order valence-corrected chi connectivity index (χ3v) is 5.10. The van der Waals surface area contributed by atoms with Crippen molar-refractivity contribution in [3.8, 4) is 0 Å². The second-order valence-electron chi connectivity index (χ2n) is 5.56. The average Bonchev–Trinajstić information content (AvgIpc) is 2.37. The Kier molecular flexibility index (Phi) is 4.25. The Morgan fingerprint density at radius 3 is 2.40 bits per heavy atom. The van der Waals surface area contributed by atoms with Crippen LogP contribution in [0.4, 0.5) is 11.4 Å². The number of aliphatic hydroxyl groups excluding tert-OH is 1. The van der Waals surface area contributed by atoms with Crippen molar-refractivity contribution in [1.82, 2.24) is 0 Å². The zero-order chi connectivity index (χ0) is 14.9. The van der Waals surface area contributed by atoms with Gasteiger partial charge in [0.05, 0.1) is 22.4 Å². The second kappa shape index (κ2) is 5.61. The van der Waals surface area contributed by atoms with Gasteiger partial charge in [0.1, 0.15) is 0 Å². The molecule has 0 amide bonds. The largest absolute Gasteiger partial charge is 0.397 e. The van der Waals surface area contributed by atoms with Crippen LogP contribution >= 0.6 is 0 Å². The van der Waals surface area contributed by atoms with E-state index in [0.717, 1.165) is 31.6 Å². The summed E-state index contributed by atoms with van der Waals surface area (Å²) in [5, 5.41) is 9.60. The van der Waals surface area contributed by atoms with E-state index in [0.29, 0.717) is 11.6 Å². The number of sulfone groups is 1. The van der Waals surface area contributed by atoms with Crippen LogP contribution in [0.1, 0.15) is 19.8 Å². The van der Waals surface area contributed by atoms with Crippen LogP contribution in [0.2, 0.25) is 0 Å². The lowest BCUT2D eigenvalue weighted by Crippen LogP contribution is -2.37. The van der Waals surface area contributed by atoms with Gasteiger partial charge in [-0.1, -0.05) is 0 Å². The number of benzene rings is 1.